The number of alkyl carbamates (subject to hydrolysis) is 1. The Labute approximate surface area is 140 Å². The van der Waals surface area contributed by atoms with Crippen LogP contribution in [-0.4, -0.2) is 12.6 Å². The van der Waals surface area contributed by atoms with E-state index < -0.39 is 11.9 Å². The normalized spacial score (nSPS) is 9.75. The fraction of sp³-hybridized carbons (Fsp3) is 0.211. The van der Waals surface area contributed by atoms with Crippen LogP contribution in [0.15, 0.2) is 42.5 Å². The molecule has 2 rings (SSSR count). The van der Waals surface area contributed by atoms with Crippen molar-refractivity contribution in [3.05, 3.63) is 65.0 Å². The van der Waals surface area contributed by atoms with Gasteiger partial charge in [0.1, 0.15) is 12.4 Å². The van der Waals surface area contributed by atoms with E-state index in [1.807, 2.05) is 30.3 Å². The van der Waals surface area contributed by atoms with Gasteiger partial charge in [-0.3, -0.25) is 0 Å². The molecule has 0 atom stereocenters. The number of ether oxygens (including phenoxy) is 1. The van der Waals surface area contributed by atoms with Crippen LogP contribution in [0.2, 0.25) is 0 Å². The molecule has 0 bridgehead atoms. The van der Waals surface area contributed by atoms with Crippen molar-refractivity contribution >= 4 is 11.8 Å². The Balaban J connectivity index is 1.73. The number of hydrogen-bond acceptors (Lipinski definition) is 3. The van der Waals surface area contributed by atoms with Crippen molar-refractivity contribution in [2.24, 2.45) is 0 Å². The van der Waals surface area contributed by atoms with Crippen molar-refractivity contribution in [2.45, 2.75) is 20.0 Å². The molecular weight excluding hydrogens is 307 g/mol. The van der Waals surface area contributed by atoms with Gasteiger partial charge in [0.25, 0.3) is 0 Å². The van der Waals surface area contributed by atoms with Crippen molar-refractivity contribution in [1.29, 1.82) is 0 Å². The van der Waals surface area contributed by atoms with Gasteiger partial charge in [0.2, 0.25) is 0 Å². The van der Waals surface area contributed by atoms with Crippen LogP contribution in [0.4, 0.5) is 14.9 Å². The Morgan fingerprint density at radius 2 is 2.00 bits per heavy atom. The summed E-state index contributed by atoms with van der Waals surface area (Å²) in [6.07, 6.45) is -0.112. The highest BCUT2D eigenvalue weighted by Crippen LogP contribution is 2.17. The second kappa shape index (κ2) is 8.59. The minimum Gasteiger partial charge on any atom is -0.445 e. The Morgan fingerprint density at radius 1 is 1.25 bits per heavy atom. The number of carbonyl (C=O) groups is 1. The highest BCUT2D eigenvalue weighted by Gasteiger charge is 2.05. The highest BCUT2D eigenvalue weighted by atomic mass is 19.1. The van der Waals surface area contributed by atoms with E-state index >= 15 is 0 Å². The summed E-state index contributed by atoms with van der Waals surface area (Å²) in [5.74, 6) is 5.15. The van der Waals surface area contributed by atoms with Crippen molar-refractivity contribution in [2.75, 3.05) is 12.3 Å². The van der Waals surface area contributed by atoms with Crippen LogP contribution in [0.1, 0.15) is 23.1 Å². The SMILES string of the molecule is Cc1c(N)ccc(C#CCCNC(=O)OCc2ccccc2)c1F. The lowest BCUT2D eigenvalue weighted by Gasteiger charge is -2.05. The molecule has 4 nitrogen and oxygen atoms in total. The second-order valence-corrected chi connectivity index (χ2v) is 5.18. The lowest BCUT2D eigenvalue weighted by atomic mass is 10.1. The Kier molecular flexibility index (Phi) is 6.21. The summed E-state index contributed by atoms with van der Waals surface area (Å²) in [4.78, 5) is 11.5. The van der Waals surface area contributed by atoms with Gasteiger partial charge >= 0.3 is 6.09 Å². The monoisotopic (exact) mass is 326 g/mol. The van der Waals surface area contributed by atoms with E-state index in [2.05, 4.69) is 17.2 Å². The third kappa shape index (κ3) is 5.03. The number of halogens is 1. The van der Waals surface area contributed by atoms with Gasteiger partial charge in [-0.05, 0) is 24.6 Å². The van der Waals surface area contributed by atoms with Gasteiger partial charge in [0.15, 0.2) is 0 Å². The number of rotatable bonds is 4. The summed E-state index contributed by atoms with van der Waals surface area (Å²) >= 11 is 0. The molecule has 0 saturated heterocycles. The summed E-state index contributed by atoms with van der Waals surface area (Å²) < 4.78 is 19.0. The summed E-state index contributed by atoms with van der Waals surface area (Å²) in [5.41, 5.74) is 7.63. The van der Waals surface area contributed by atoms with Crippen LogP contribution in [0.25, 0.3) is 0 Å². The van der Waals surface area contributed by atoms with Crippen molar-refractivity contribution in [1.82, 2.24) is 5.32 Å². The van der Waals surface area contributed by atoms with Crippen LogP contribution >= 0.6 is 0 Å². The van der Waals surface area contributed by atoms with Crippen molar-refractivity contribution < 1.29 is 13.9 Å². The zero-order valence-electron chi connectivity index (χ0n) is 13.4. The molecule has 0 unspecified atom stereocenters. The maximum absolute atomic E-state index is 13.9. The number of amides is 1. The molecule has 5 heteroatoms. The molecule has 2 aromatic carbocycles. The molecule has 3 N–H and O–H groups in total. The van der Waals surface area contributed by atoms with Crippen molar-refractivity contribution in [3.63, 3.8) is 0 Å². The third-order valence-corrected chi connectivity index (χ3v) is 3.38. The van der Waals surface area contributed by atoms with E-state index in [0.29, 0.717) is 29.8 Å². The quantitative estimate of drug-likeness (QED) is 0.514. The molecule has 0 radical (unpaired) electrons. The van der Waals surface area contributed by atoms with Crippen LogP contribution in [0, 0.1) is 24.6 Å². The lowest BCUT2D eigenvalue weighted by Crippen LogP contribution is -2.24. The number of nitrogens with two attached hydrogens (primary N) is 1. The molecule has 0 fully saturated rings. The van der Waals surface area contributed by atoms with Crippen LogP contribution in [0.5, 0.6) is 0 Å². The fourth-order valence-corrected chi connectivity index (χ4v) is 1.96. The van der Waals surface area contributed by atoms with E-state index in [9.17, 15) is 9.18 Å². The number of benzene rings is 2. The van der Waals surface area contributed by atoms with Gasteiger partial charge in [-0.2, -0.15) is 0 Å². The molecule has 1 amide bonds. The number of hydrogen-bond donors (Lipinski definition) is 2. The maximum atomic E-state index is 13.9. The molecular formula is C19H19FN2O2. The van der Waals surface area contributed by atoms with Crippen LogP contribution in [-0.2, 0) is 11.3 Å². The summed E-state index contributed by atoms with van der Waals surface area (Å²) in [6.45, 7) is 2.16. The maximum Gasteiger partial charge on any atom is 0.407 e. The fourth-order valence-electron chi connectivity index (χ4n) is 1.96. The van der Waals surface area contributed by atoms with E-state index in [0.717, 1.165) is 5.56 Å². The molecule has 0 aliphatic carbocycles. The highest BCUT2D eigenvalue weighted by molar-refractivity contribution is 5.67. The molecule has 0 spiro atoms. The Bertz CT molecular complexity index is 764. The van der Waals surface area contributed by atoms with Gasteiger partial charge in [0, 0.05) is 24.2 Å². The molecule has 0 heterocycles. The van der Waals surface area contributed by atoms with Crippen molar-refractivity contribution in [3.8, 4) is 11.8 Å². The standard InChI is InChI=1S/C19H19FN2O2/c1-14-17(21)11-10-16(18(14)20)9-5-6-12-22-19(23)24-13-15-7-3-2-4-8-15/h2-4,7-8,10-11H,6,12-13,21H2,1H3,(H,22,23). The average molecular weight is 326 g/mol. The van der Waals surface area contributed by atoms with Crippen LogP contribution in [0.3, 0.4) is 0 Å². The van der Waals surface area contributed by atoms with E-state index in [1.54, 1.807) is 19.1 Å². The number of nitrogen functional groups attached to an aromatic ring is 1. The Morgan fingerprint density at radius 3 is 2.75 bits per heavy atom. The van der Waals surface area contributed by atoms with Gasteiger partial charge in [-0.15, -0.1) is 0 Å². The van der Waals surface area contributed by atoms with E-state index in [1.165, 1.54) is 0 Å². The van der Waals surface area contributed by atoms with E-state index in [-0.39, 0.29) is 6.61 Å². The zero-order chi connectivity index (χ0) is 17.4. The predicted molar refractivity (Wildman–Crippen MR) is 91.7 cm³/mol. The largest absolute Gasteiger partial charge is 0.445 e. The Hall–Kier alpha value is -3.00. The summed E-state index contributed by atoms with van der Waals surface area (Å²) in [6, 6.07) is 12.6. The molecule has 0 saturated carbocycles. The minimum atomic E-state index is -0.504. The smallest absolute Gasteiger partial charge is 0.407 e. The first-order valence-electron chi connectivity index (χ1n) is 7.56. The average Bonchev–Trinajstić information content (AvgIpc) is 2.60. The van der Waals surface area contributed by atoms with Gasteiger partial charge < -0.3 is 15.8 Å². The van der Waals surface area contributed by atoms with E-state index in [4.69, 9.17) is 10.5 Å². The number of carbonyl (C=O) groups excluding carboxylic acids is 1. The first kappa shape index (κ1) is 17.4. The third-order valence-electron chi connectivity index (χ3n) is 3.38. The van der Waals surface area contributed by atoms with Gasteiger partial charge in [-0.25, -0.2) is 9.18 Å². The van der Waals surface area contributed by atoms with Gasteiger partial charge in [0.05, 0.1) is 5.56 Å². The number of nitrogens with one attached hydrogen (secondary N) is 1. The topological polar surface area (TPSA) is 64.3 Å². The first-order valence-corrected chi connectivity index (χ1v) is 7.56. The van der Waals surface area contributed by atoms with Gasteiger partial charge in [-0.1, -0.05) is 42.2 Å². The molecule has 124 valence electrons. The molecule has 0 aliphatic heterocycles. The molecule has 24 heavy (non-hydrogen) atoms. The second-order valence-electron chi connectivity index (χ2n) is 5.18. The first-order chi connectivity index (χ1) is 11.6. The lowest BCUT2D eigenvalue weighted by molar-refractivity contribution is 0.140. The summed E-state index contributed by atoms with van der Waals surface area (Å²) in [5, 5.41) is 2.60. The minimum absolute atomic E-state index is 0.217. The zero-order valence-corrected chi connectivity index (χ0v) is 13.4. The predicted octanol–water partition coefficient (Wildman–Crippen LogP) is 3.38. The summed E-state index contributed by atoms with van der Waals surface area (Å²) in [7, 11) is 0. The number of anilines is 1. The van der Waals surface area contributed by atoms with Crippen LogP contribution < -0.4 is 11.1 Å². The molecule has 0 aromatic heterocycles. The molecule has 0 aliphatic rings. The molecule has 2 aromatic rings.